The van der Waals surface area contributed by atoms with Crippen LogP contribution in [0.15, 0.2) is 29.8 Å². The highest BCUT2D eigenvalue weighted by atomic mass is 16.6. The molecule has 1 aromatic rings. The van der Waals surface area contributed by atoms with Gasteiger partial charge in [-0.25, -0.2) is 0 Å². The van der Waals surface area contributed by atoms with E-state index in [0.717, 1.165) is 19.3 Å². The van der Waals surface area contributed by atoms with Crippen LogP contribution in [0.4, 0.5) is 0 Å². The number of phenolic OH excluding ortho intramolecular Hbond substituents is 1. The maximum Gasteiger partial charge on any atom is 0.223 e. The summed E-state index contributed by atoms with van der Waals surface area (Å²) in [6, 6.07) is 3.89. The van der Waals surface area contributed by atoms with Gasteiger partial charge in [0.05, 0.1) is 39.5 Å². The lowest BCUT2D eigenvalue weighted by Gasteiger charge is -2.26. The van der Waals surface area contributed by atoms with E-state index >= 15 is 0 Å². The highest BCUT2D eigenvalue weighted by Gasteiger charge is 2.50. The number of rotatable bonds is 16. The molecule has 2 N–H and O–H groups in total. The van der Waals surface area contributed by atoms with Gasteiger partial charge in [0, 0.05) is 37.8 Å². The van der Waals surface area contributed by atoms with Crippen LogP contribution in [0.1, 0.15) is 57.9 Å². The largest absolute Gasteiger partial charge is 0.504 e. The van der Waals surface area contributed by atoms with Gasteiger partial charge in [0.1, 0.15) is 11.4 Å². The first-order chi connectivity index (χ1) is 20.1. The molecule has 230 valence electrons. The number of carbonyl (C=O) groups excluding carboxylic acids is 4. The second-order valence-electron chi connectivity index (χ2n) is 12.0. The lowest BCUT2D eigenvalue weighted by molar-refractivity contribution is -0.134. The van der Waals surface area contributed by atoms with Crippen LogP contribution in [0.3, 0.4) is 0 Å². The molecule has 3 aliphatic rings. The van der Waals surface area contributed by atoms with E-state index in [1.165, 1.54) is 18.7 Å². The number of ketones is 3. The van der Waals surface area contributed by atoms with Crippen LogP contribution < -0.4 is 10.1 Å². The van der Waals surface area contributed by atoms with Gasteiger partial charge in [-0.05, 0) is 56.7 Å². The molecule has 0 saturated carbocycles. The number of epoxide rings is 1. The van der Waals surface area contributed by atoms with Crippen LogP contribution in [0.5, 0.6) is 11.5 Å². The summed E-state index contributed by atoms with van der Waals surface area (Å²) < 4.78 is 15.9. The van der Waals surface area contributed by atoms with Crippen LogP contribution in [0.2, 0.25) is 0 Å². The summed E-state index contributed by atoms with van der Waals surface area (Å²) >= 11 is 0. The fourth-order valence-electron chi connectivity index (χ4n) is 5.73. The predicted octanol–water partition coefficient (Wildman–Crippen LogP) is 2.79. The van der Waals surface area contributed by atoms with Crippen molar-refractivity contribution < 1.29 is 38.5 Å². The maximum absolute atomic E-state index is 13.8. The standard InChI is InChI=1S/C32H44N2O8/c1-21(14-25(35)19-34-10-12-41-13-11-34)31(39)33-26(16-23-8-9-29(40-3)28(37)17-23)27(36)18-24(15-22-6-4-5-7-22)30(38)32(2)20-42-32/h6,8-9,17,21,24,26,37H,4-5,7,10-16,18-20H2,1-3H3,(H,33,39). The van der Waals surface area contributed by atoms with Crippen molar-refractivity contribution in [1.82, 2.24) is 10.2 Å². The molecule has 0 aromatic heterocycles. The lowest BCUT2D eigenvalue weighted by Crippen LogP contribution is -2.46. The summed E-state index contributed by atoms with van der Waals surface area (Å²) in [6.07, 6.45) is 5.71. The number of carbonyl (C=O) groups is 4. The number of phenols is 1. The molecule has 0 radical (unpaired) electrons. The molecular formula is C32H44N2O8. The molecule has 0 bridgehead atoms. The summed E-state index contributed by atoms with van der Waals surface area (Å²) in [5.41, 5.74) is 0.945. The normalized spacial score (nSPS) is 22.5. The number of nitrogens with zero attached hydrogens (tertiary/aromatic N) is 1. The first-order valence-corrected chi connectivity index (χ1v) is 14.9. The Bertz CT molecular complexity index is 1180. The number of benzene rings is 1. The van der Waals surface area contributed by atoms with Crippen LogP contribution in [0, 0.1) is 11.8 Å². The Morgan fingerprint density at radius 3 is 2.50 bits per heavy atom. The fourth-order valence-corrected chi connectivity index (χ4v) is 5.73. The van der Waals surface area contributed by atoms with Crippen molar-refractivity contribution >= 4 is 23.3 Å². The molecule has 10 heteroatoms. The average Bonchev–Trinajstić information content (AvgIpc) is 3.50. The molecule has 4 atom stereocenters. The van der Waals surface area contributed by atoms with Crippen molar-refractivity contribution in [2.24, 2.45) is 11.8 Å². The van der Waals surface area contributed by atoms with Gasteiger partial charge in [0.15, 0.2) is 23.1 Å². The quantitative estimate of drug-likeness (QED) is 0.222. The van der Waals surface area contributed by atoms with E-state index in [0.29, 0.717) is 50.6 Å². The van der Waals surface area contributed by atoms with Crippen molar-refractivity contribution in [3.63, 3.8) is 0 Å². The molecule has 10 nitrogen and oxygen atoms in total. The zero-order valence-electron chi connectivity index (χ0n) is 25.0. The highest BCUT2D eigenvalue weighted by molar-refractivity contribution is 5.97. The Morgan fingerprint density at radius 2 is 1.88 bits per heavy atom. The van der Waals surface area contributed by atoms with Crippen LogP contribution in [-0.4, -0.2) is 91.5 Å². The van der Waals surface area contributed by atoms with Gasteiger partial charge >= 0.3 is 0 Å². The van der Waals surface area contributed by atoms with Crippen molar-refractivity contribution in [2.45, 2.75) is 70.4 Å². The van der Waals surface area contributed by atoms with Crippen molar-refractivity contribution in [2.75, 3.05) is 46.6 Å². The zero-order valence-corrected chi connectivity index (χ0v) is 25.0. The first-order valence-electron chi connectivity index (χ1n) is 14.9. The number of allylic oxidation sites excluding steroid dienone is 2. The fraction of sp³-hybridized carbons (Fsp3) is 0.625. The molecule has 4 rings (SSSR count). The summed E-state index contributed by atoms with van der Waals surface area (Å²) in [6.45, 7) is 6.56. The van der Waals surface area contributed by atoms with Gasteiger partial charge in [-0.3, -0.25) is 24.1 Å². The number of amides is 1. The van der Waals surface area contributed by atoms with Crippen LogP contribution in [0.25, 0.3) is 0 Å². The number of methoxy groups -OCH3 is 1. The lowest BCUT2D eigenvalue weighted by atomic mass is 9.83. The Kier molecular flexibility index (Phi) is 10.9. The van der Waals surface area contributed by atoms with Gasteiger partial charge in [-0.2, -0.15) is 0 Å². The summed E-state index contributed by atoms with van der Waals surface area (Å²) in [7, 11) is 1.45. The third kappa shape index (κ3) is 8.72. The molecule has 4 unspecified atom stereocenters. The second-order valence-corrected chi connectivity index (χ2v) is 12.0. The molecule has 1 amide bonds. The van der Waals surface area contributed by atoms with E-state index in [1.807, 2.05) is 4.90 Å². The van der Waals surface area contributed by atoms with E-state index in [2.05, 4.69) is 11.4 Å². The Labute approximate surface area is 247 Å². The second kappa shape index (κ2) is 14.4. The number of hydrogen-bond acceptors (Lipinski definition) is 9. The zero-order chi connectivity index (χ0) is 30.3. The number of ether oxygens (including phenoxy) is 3. The van der Waals surface area contributed by atoms with Crippen molar-refractivity contribution in [3.8, 4) is 11.5 Å². The van der Waals surface area contributed by atoms with E-state index in [-0.39, 0.29) is 48.9 Å². The molecule has 0 spiro atoms. The summed E-state index contributed by atoms with van der Waals surface area (Å²) in [4.78, 5) is 55.2. The molecule has 1 aliphatic carbocycles. The van der Waals surface area contributed by atoms with Gasteiger partial charge in [0.25, 0.3) is 0 Å². The molecule has 2 saturated heterocycles. The Balaban J connectivity index is 1.46. The number of hydrogen-bond donors (Lipinski definition) is 2. The Morgan fingerprint density at radius 1 is 1.14 bits per heavy atom. The first kappa shape index (κ1) is 31.8. The van der Waals surface area contributed by atoms with Crippen LogP contribution in [-0.2, 0) is 35.1 Å². The summed E-state index contributed by atoms with van der Waals surface area (Å²) in [5, 5.41) is 13.2. The molecule has 2 heterocycles. The molecule has 1 aromatic carbocycles. The van der Waals surface area contributed by atoms with Crippen LogP contribution >= 0.6 is 0 Å². The maximum atomic E-state index is 13.8. The van der Waals surface area contributed by atoms with E-state index in [4.69, 9.17) is 14.2 Å². The molecule has 2 fully saturated rings. The monoisotopic (exact) mass is 584 g/mol. The minimum Gasteiger partial charge on any atom is -0.504 e. The molecule has 2 aliphatic heterocycles. The van der Waals surface area contributed by atoms with E-state index < -0.39 is 29.4 Å². The smallest absolute Gasteiger partial charge is 0.223 e. The SMILES string of the molecule is COc1ccc(CC(NC(=O)C(C)CC(=O)CN2CCOCC2)C(=O)CC(CC2=CCCC2)C(=O)C2(C)CO2)cc1O. The number of Topliss-reactive ketones (excluding diaryl/α,β-unsaturated/α-hetero) is 3. The summed E-state index contributed by atoms with van der Waals surface area (Å²) in [5.74, 6) is -1.77. The van der Waals surface area contributed by atoms with E-state index in [1.54, 1.807) is 26.0 Å². The molecular weight excluding hydrogens is 540 g/mol. The van der Waals surface area contributed by atoms with Gasteiger partial charge in [0.2, 0.25) is 5.91 Å². The van der Waals surface area contributed by atoms with Gasteiger partial charge < -0.3 is 24.6 Å². The predicted molar refractivity (Wildman–Crippen MR) is 155 cm³/mol. The molecule has 42 heavy (non-hydrogen) atoms. The van der Waals surface area contributed by atoms with Gasteiger partial charge in [-0.1, -0.05) is 24.6 Å². The number of aromatic hydroxyl groups is 1. The average molecular weight is 585 g/mol. The topological polar surface area (TPSA) is 135 Å². The number of morpholine rings is 1. The van der Waals surface area contributed by atoms with E-state index in [9.17, 15) is 24.3 Å². The van der Waals surface area contributed by atoms with Crippen molar-refractivity contribution in [1.29, 1.82) is 0 Å². The van der Waals surface area contributed by atoms with Crippen molar-refractivity contribution in [3.05, 3.63) is 35.4 Å². The number of nitrogens with one attached hydrogen (secondary N) is 1. The minimum absolute atomic E-state index is 0.0352. The highest BCUT2D eigenvalue weighted by Crippen LogP contribution is 2.36. The minimum atomic E-state index is -0.942. The Hall–Kier alpha value is -3.08. The van der Waals surface area contributed by atoms with Gasteiger partial charge in [-0.15, -0.1) is 0 Å². The third-order valence-corrected chi connectivity index (χ3v) is 8.43. The third-order valence-electron chi connectivity index (χ3n) is 8.43.